The van der Waals surface area contributed by atoms with E-state index < -0.39 is 0 Å². The van der Waals surface area contributed by atoms with Gasteiger partial charge in [0.1, 0.15) is 0 Å². The van der Waals surface area contributed by atoms with Crippen molar-refractivity contribution in [2.24, 2.45) is 0 Å². The zero-order valence-corrected chi connectivity index (χ0v) is 9.85. The van der Waals surface area contributed by atoms with Crippen molar-refractivity contribution in [2.45, 2.75) is 0 Å². The molecule has 88 valence electrons. The first-order chi connectivity index (χ1) is 8.22. The molecule has 0 fully saturated rings. The van der Waals surface area contributed by atoms with E-state index in [4.69, 9.17) is 20.9 Å². The molecule has 0 bridgehead atoms. The largest absolute Gasteiger partial charge is 0.459 e. The van der Waals surface area contributed by atoms with Crippen LogP contribution >= 0.6 is 11.6 Å². The Bertz CT molecular complexity index is 493. The average Bonchev–Trinajstić information content (AvgIpc) is 2.86. The maximum Gasteiger partial charge on any atom is 0.317 e. The fourth-order valence-corrected chi connectivity index (χ4v) is 1.51. The number of carbonyl (C=O) groups is 1. The van der Waals surface area contributed by atoms with E-state index in [0.29, 0.717) is 10.7 Å². The molecule has 0 radical (unpaired) electrons. The third-order valence-corrected chi connectivity index (χ3v) is 2.41. The predicted molar refractivity (Wildman–Crippen MR) is 64.0 cm³/mol. The summed E-state index contributed by atoms with van der Waals surface area (Å²) >= 11 is 5.78. The third kappa shape index (κ3) is 2.49. The van der Waals surface area contributed by atoms with Gasteiger partial charge < -0.3 is 4.42 Å². The van der Waals surface area contributed by atoms with Gasteiger partial charge in [0.2, 0.25) is 0 Å². The Balaban J connectivity index is 2.28. The molecule has 0 saturated carbocycles. The maximum atomic E-state index is 12.0. The number of hydrogen-bond donors (Lipinski definition) is 0. The average molecular weight is 252 g/mol. The SMILES string of the molecule is CON(C(=O)c1ccco1)c1ccc(Cl)cc1. The second-order valence-corrected chi connectivity index (χ2v) is 3.67. The molecular weight excluding hydrogens is 242 g/mol. The van der Waals surface area contributed by atoms with Crippen LogP contribution in [0.2, 0.25) is 5.02 Å². The first kappa shape index (κ1) is 11.7. The monoisotopic (exact) mass is 251 g/mol. The van der Waals surface area contributed by atoms with Crippen LogP contribution in [0.5, 0.6) is 0 Å². The molecule has 4 nitrogen and oxygen atoms in total. The number of hydroxylamine groups is 1. The summed E-state index contributed by atoms with van der Waals surface area (Å²) in [6.07, 6.45) is 1.43. The highest BCUT2D eigenvalue weighted by molar-refractivity contribution is 6.30. The van der Waals surface area contributed by atoms with Gasteiger partial charge >= 0.3 is 5.91 Å². The van der Waals surface area contributed by atoms with Gasteiger partial charge in [-0.2, -0.15) is 5.06 Å². The van der Waals surface area contributed by atoms with Gasteiger partial charge in [0, 0.05) is 5.02 Å². The zero-order chi connectivity index (χ0) is 12.3. The summed E-state index contributed by atoms with van der Waals surface area (Å²) in [4.78, 5) is 17.0. The van der Waals surface area contributed by atoms with Crippen LogP contribution in [0.25, 0.3) is 0 Å². The van der Waals surface area contributed by atoms with Crippen molar-refractivity contribution in [2.75, 3.05) is 12.2 Å². The smallest absolute Gasteiger partial charge is 0.317 e. The highest BCUT2D eigenvalue weighted by Gasteiger charge is 2.19. The molecule has 0 aliphatic rings. The molecule has 0 aliphatic heterocycles. The molecule has 5 heteroatoms. The van der Waals surface area contributed by atoms with Crippen LogP contribution in [-0.2, 0) is 4.84 Å². The van der Waals surface area contributed by atoms with Crippen LogP contribution in [-0.4, -0.2) is 13.0 Å². The molecule has 1 heterocycles. The molecule has 2 aromatic rings. The van der Waals surface area contributed by atoms with Gasteiger partial charge in [-0.1, -0.05) is 11.6 Å². The van der Waals surface area contributed by atoms with Crippen molar-refractivity contribution in [3.63, 3.8) is 0 Å². The number of rotatable bonds is 3. The van der Waals surface area contributed by atoms with Crippen molar-refractivity contribution in [3.05, 3.63) is 53.4 Å². The van der Waals surface area contributed by atoms with Gasteiger partial charge in [-0.3, -0.25) is 9.63 Å². The van der Waals surface area contributed by atoms with Gasteiger partial charge in [-0.15, -0.1) is 0 Å². The number of benzene rings is 1. The molecule has 2 rings (SSSR count). The molecule has 0 unspecified atom stereocenters. The molecule has 17 heavy (non-hydrogen) atoms. The Labute approximate surface area is 103 Å². The molecule has 0 N–H and O–H groups in total. The van der Waals surface area contributed by atoms with E-state index in [-0.39, 0.29) is 11.7 Å². The highest BCUT2D eigenvalue weighted by Crippen LogP contribution is 2.20. The van der Waals surface area contributed by atoms with Crippen molar-refractivity contribution < 1.29 is 14.0 Å². The number of halogens is 1. The standard InChI is InChI=1S/C12H10ClNO3/c1-16-14(10-6-4-9(13)5-7-10)12(15)11-3-2-8-17-11/h2-8H,1H3. The summed E-state index contributed by atoms with van der Waals surface area (Å²) in [5, 5.41) is 1.73. The zero-order valence-electron chi connectivity index (χ0n) is 9.09. The number of nitrogens with zero attached hydrogens (tertiary/aromatic N) is 1. The van der Waals surface area contributed by atoms with Crippen LogP contribution in [0.3, 0.4) is 0 Å². The lowest BCUT2D eigenvalue weighted by Gasteiger charge is -2.18. The van der Waals surface area contributed by atoms with Crippen molar-refractivity contribution in [3.8, 4) is 0 Å². The van der Waals surface area contributed by atoms with E-state index in [9.17, 15) is 4.79 Å². The minimum Gasteiger partial charge on any atom is -0.459 e. The fourth-order valence-electron chi connectivity index (χ4n) is 1.38. The lowest BCUT2D eigenvalue weighted by molar-refractivity contribution is 0.0745. The lowest BCUT2D eigenvalue weighted by atomic mass is 10.3. The number of amides is 1. The Morgan fingerprint density at radius 3 is 2.53 bits per heavy atom. The predicted octanol–water partition coefficient (Wildman–Crippen LogP) is 3.14. The molecule has 1 aromatic heterocycles. The van der Waals surface area contributed by atoms with Gasteiger partial charge in [0.05, 0.1) is 19.1 Å². The number of hydrogen-bond acceptors (Lipinski definition) is 3. The Kier molecular flexibility index (Phi) is 3.46. The first-order valence-electron chi connectivity index (χ1n) is 4.90. The second kappa shape index (κ2) is 5.03. The van der Waals surface area contributed by atoms with E-state index in [0.717, 1.165) is 5.06 Å². The molecule has 1 amide bonds. The number of anilines is 1. The topological polar surface area (TPSA) is 42.7 Å². The third-order valence-electron chi connectivity index (χ3n) is 2.16. The van der Waals surface area contributed by atoms with Gasteiger partial charge in [0.25, 0.3) is 0 Å². The Hall–Kier alpha value is -1.78. The van der Waals surface area contributed by atoms with E-state index in [2.05, 4.69) is 0 Å². The van der Waals surface area contributed by atoms with E-state index in [1.807, 2.05) is 0 Å². The van der Waals surface area contributed by atoms with Gasteiger partial charge in [0.15, 0.2) is 5.76 Å². The maximum absolute atomic E-state index is 12.0. The van der Waals surface area contributed by atoms with Crippen molar-refractivity contribution >= 4 is 23.2 Å². The van der Waals surface area contributed by atoms with E-state index >= 15 is 0 Å². The summed E-state index contributed by atoms with van der Waals surface area (Å²) in [6, 6.07) is 9.95. The summed E-state index contributed by atoms with van der Waals surface area (Å²) in [7, 11) is 1.41. The molecule has 0 aliphatic carbocycles. The summed E-state index contributed by atoms with van der Waals surface area (Å²) in [5.74, 6) is -0.165. The minimum absolute atomic E-state index is 0.210. The normalized spacial score (nSPS) is 10.2. The minimum atomic E-state index is -0.375. The highest BCUT2D eigenvalue weighted by atomic mass is 35.5. The Morgan fingerprint density at radius 1 is 1.29 bits per heavy atom. The van der Waals surface area contributed by atoms with E-state index in [1.165, 1.54) is 13.4 Å². The first-order valence-corrected chi connectivity index (χ1v) is 5.28. The van der Waals surface area contributed by atoms with Crippen LogP contribution in [0, 0.1) is 0 Å². The van der Waals surface area contributed by atoms with Crippen molar-refractivity contribution in [1.82, 2.24) is 0 Å². The number of furan rings is 1. The van der Waals surface area contributed by atoms with Gasteiger partial charge in [-0.05, 0) is 36.4 Å². The quantitative estimate of drug-likeness (QED) is 0.787. The molecule has 0 atom stereocenters. The summed E-state index contributed by atoms with van der Waals surface area (Å²) < 4.78 is 5.03. The van der Waals surface area contributed by atoms with Crippen molar-refractivity contribution in [1.29, 1.82) is 0 Å². The van der Waals surface area contributed by atoms with Gasteiger partial charge in [-0.25, -0.2) is 0 Å². The summed E-state index contributed by atoms with van der Waals surface area (Å²) in [6.45, 7) is 0. The van der Waals surface area contributed by atoms with Crippen LogP contribution in [0.1, 0.15) is 10.6 Å². The second-order valence-electron chi connectivity index (χ2n) is 3.24. The van der Waals surface area contributed by atoms with Crippen LogP contribution in [0.4, 0.5) is 5.69 Å². The fraction of sp³-hybridized carbons (Fsp3) is 0.0833. The molecule has 0 spiro atoms. The van der Waals surface area contributed by atoms with Crippen LogP contribution < -0.4 is 5.06 Å². The number of carbonyl (C=O) groups excluding carboxylic acids is 1. The molecule has 0 saturated heterocycles. The molecular formula is C12H10ClNO3. The molecule has 1 aromatic carbocycles. The summed E-state index contributed by atoms with van der Waals surface area (Å²) in [5.41, 5.74) is 0.582. The Morgan fingerprint density at radius 2 is 2.00 bits per heavy atom. The van der Waals surface area contributed by atoms with Crippen LogP contribution in [0.15, 0.2) is 47.1 Å². The van der Waals surface area contributed by atoms with E-state index in [1.54, 1.807) is 36.4 Å². The lowest BCUT2D eigenvalue weighted by Crippen LogP contribution is -2.29.